The zero-order valence-corrected chi connectivity index (χ0v) is 17.7. The molecule has 9 nitrogen and oxygen atoms in total. The van der Waals surface area contributed by atoms with Crippen molar-refractivity contribution in [1.29, 1.82) is 0 Å². The van der Waals surface area contributed by atoms with Gasteiger partial charge in [-0.15, -0.1) is 31.7 Å². The molecule has 0 spiro atoms. The minimum Gasteiger partial charge on any atom is -0.497 e. The molecule has 0 bridgehead atoms. The van der Waals surface area contributed by atoms with Gasteiger partial charge in [0.15, 0.2) is 0 Å². The van der Waals surface area contributed by atoms with Crippen molar-refractivity contribution in [2.75, 3.05) is 7.11 Å². The average Bonchev–Trinajstić information content (AvgIpc) is 3.50. The lowest BCUT2D eigenvalue weighted by Gasteiger charge is -2.04. The largest absolute Gasteiger partial charge is 0.497 e. The molecular weight excluding hydrogens is 424 g/mol. The fraction of sp³-hybridized carbons (Fsp3) is 0.211. The van der Waals surface area contributed by atoms with Crippen molar-refractivity contribution in [2.45, 2.75) is 17.4 Å². The number of thiophene rings is 1. The van der Waals surface area contributed by atoms with E-state index in [9.17, 15) is 4.79 Å². The summed E-state index contributed by atoms with van der Waals surface area (Å²) < 4.78 is 15.0. The Hall–Kier alpha value is -3.18. The van der Waals surface area contributed by atoms with E-state index >= 15 is 0 Å². The van der Waals surface area contributed by atoms with Gasteiger partial charge < -0.3 is 9.15 Å². The van der Waals surface area contributed by atoms with Gasteiger partial charge in [0.05, 0.1) is 24.8 Å². The van der Waals surface area contributed by atoms with Crippen LogP contribution in [0.4, 0.5) is 0 Å². The molecule has 5 aromatic rings. The second kappa shape index (κ2) is 7.58. The molecule has 0 fully saturated rings. The van der Waals surface area contributed by atoms with Crippen LogP contribution in [0, 0.1) is 0 Å². The minimum atomic E-state index is -0.0702. The van der Waals surface area contributed by atoms with E-state index in [2.05, 4.69) is 20.4 Å². The van der Waals surface area contributed by atoms with Crippen LogP contribution in [0.3, 0.4) is 0 Å². The maximum Gasteiger partial charge on any atom is 0.277 e. The fourth-order valence-electron chi connectivity index (χ4n) is 3.16. The lowest BCUT2D eigenvalue weighted by molar-refractivity contribution is 0.413. The number of fused-ring (bicyclic) bond motifs is 3. The summed E-state index contributed by atoms with van der Waals surface area (Å²) in [7, 11) is 3.34. The number of methoxy groups -OCH3 is 1. The van der Waals surface area contributed by atoms with Gasteiger partial charge in [0.1, 0.15) is 16.3 Å². The third-order valence-corrected chi connectivity index (χ3v) is 6.39. The number of aromatic nitrogens is 6. The molecule has 0 saturated heterocycles. The van der Waals surface area contributed by atoms with Crippen LogP contribution in [-0.2, 0) is 19.2 Å². The Kier molecular flexibility index (Phi) is 4.75. The van der Waals surface area contributed by atoms with Crippen LogP contribution >= 0.6 is 23.1 Å². The Morgan fingerprint density at radius 1 is 1.13 bits per heavy atom. The quantitative estimate of drug-likeness (QED) is 0.372. The van der Waals surface area contributed by atoms with Crippen LogP contribution in [0.2, 0.25) is 0 Å². The summed E-state index contributed by atoms with van der Waals surface area (Å²) in [5.41, 5.74) is 1.80. The van der Waals surface area contributed by atoms with Crippen LogP contribution in [0.5, 0.6) is 5.75 Å². The molecule has 0 unspecified atom stereocenters. The van der Waals surface area contributed by atoms with Gasteiger partial charge in [-0.05, 0) is 29.1 Å². The third-order valence-electron chi connectivity index (χ3n) is 4.68. The van der Waals surface area contributed by atoms with E-state index in [0.717, 1.165) is 16.8 Å². The fourth-order valence-corrected chi connectivity index (χ4v) is 4.70. The van der Waals surface area contributed by atoms with E-state index in [4.69, 9.17) is 9.15 Å². The highest BCUT2D eigenvalue weighted by Gasteiger charge is 2.17. The van der Waals surface area contributed by atoms with E-state index in [1.807, 2.05) is 40.1 Å². The second-order valence-electron chi connectivity index (χ2n) is 6.53. The number of nitrogens with zero attached hydrogens (tertiary/aromatic N) is 6. The number of hydrogen-bond donors (Lipinski definition) is 0. The zero-order chi connectivity index (χ0) is 20.7. The first kappa shape index (κ1) is 18.8. The van der Waals surface area contributed by atoms with Gasteiger partial charge in [0.2, 0.25) is 11.7 Å². The molecule has 0 amide bonds. The standard InChI is InChI=1S/C19H16N6O3S2/c1-24-17(26)16-13(7-8-29-16)25-14(20-22-18(24)25)10-30-19-23-21-15(28-19)9-11-3-5-12(27-2)6-4-11/h3-8H,9-10H2,1-2H3. The van der Waals surface area contributed by atoms with Crippen molar-refractivity contribution < 1.29 is 9.15 Å². The van der Waals surface area contributed by atoms with E-state index in [1.165, 1.54) is 27.7 Å². The minimum absolute atomic E-state index is 0.0702. The number of ether oxygens (including phenoxy) is 1. The molecule has 0 aliphatic rings. The molecular formula is C19H16N6O3S2. The summed E-state index contributed by atoms with van der Waals surface area (Å²) in [4.78, 5) is 12.4. The summed E-state index contributed by atoms with van der Waals surface area (Å²) in [5, 5.41) is 19.1. The van der Waals surface area contributed by atoms with Gasteiger partial charge in [-0.1, -0.05) is 23.9 Å². The first-order valence-corrected chi connectivity index (χ1v) is 10.9. The summed E-state index contributed by atoms with van der Waals surface area (Å²) in [6, 6.07) is 9.64. The molecule has 1 aromatic carbocycles. The van der Waals surface area contributed by atoms with E-state index in [0.29, 0.717) is 39.6 Å². The topological polar surface area (TPSA) is 100 Å². The third kappa shape index (κ3) is 3.25. The average molecular weight is 441 g/mol. The summed E-state index contributed by atoms with van der Waals surface area (Å²) in [6.07, 6.45) is 0.545. The molecule has 0 atom stereocenters. The molecule has 0 aliphatic carbocycles. The molecule has 0 N–H and O–H groups in total. The Morgan fingerprint density at radius 3 is 2.77 bits per heavy atom. The van der Waals surface area contributed by atoms with Crippen LogP contribution in [-0.4, -0.2) is 36.5 Å². The Bertz CT molecular complexity index is 1400. The van der Waals surface area contributed by atoms with Crippen molar-refractivity contribution in [3.8, 4) is 5.75 Å². The Balaban J connectivity index is 1.36. The number of rotatable bonds is 6. The maximum absolute atomic E-state index is 12.4. The first-order chi connectivity index (χ1) is 14.6. The molecule has 0 radical (unpaired) electrons. The zero-order valence-electron chi connectivity index (χ0n) is 16.1. The highest BCUT2D eigenvalue weighted by atomic mass is 32.2. The van der Waals surface area contributed by atoms with Crippen LogP contribution in [0.1, 0.15) is 17.3 Å². The van der Waals surface area contributed by atoms with Gasteiger partial charge in [-0.2, -0.15) is 0 Å². The van der Waals surface area contributed by atoms with Crippen molar-refractivity contribution in [2.24, 2.45) is 7.05 Å². The summed E-state index contributed by atoms with van der Waals surface area (Å²) >= 11 is 2.79. The second-order valence-corrected chi connectivity index (χ2v) is 8.37. The molecule has 30 heavy (non-hydrogen) atoms. The molecule has 152 valence electrons. The van der Waals surface area contributed by atoms with Crippen molar-refractivity contribution in [3.05, 3.63) is 63.3 Å². The number of benzene rings is 1. The molecule has 5 rings (SSSR count). The first-order valence-electron chi connectivity index (χ1n) is 9.02. The van der Waals surface area contributed by atoms with Gasteiger partial charge in [0, 0.05) is 7.05 Å². The molecule has 0 saturated carbocycles. The number of hydrogen-bond acceptors (Lipinski definition) is 9. The predicted octanol–water partition coefficient (Wildman–Crippen LogP) is 2.92. The lowest BCUT2D eigenvalue weighted by atomic mass is 10.1. The van der Waals surface area contributed by atoms with Gasteiger partial charge in [-0.3, -0.25) is 13.8 Å². The van der Waals surface area contributed by atoms with Crippen molar-refractivity contribution in [1.82, 2.24) is 29.4 Å². The SMILES string of the molecule is COc1ccc(Cc2nnc(SCc3nnc4n(C)c(=O)c5sccc5n34)o2)cc1. The lowest BCUT2D eigenvalue weighted by Crippen LogP contribution is -2.19. The molecule has 11 heteroatoms. The summed E-state index contributed by atoms with van der Waals surface area (Å²) in [5.74, 6) is 3.04. The number of aryl methyl sites for hydroxylation is 1. The monoisotopic (exact) mass is 440 g/mol. The van der Waals surface area contributed by atoms with E-state index in [1.54, 1.807) is 14.2 Å². The highest BCUT2D eigenvalue weighted by molar-refractivity contribution is 7.98. The normalized spacial score (nSPS) is 11.5. The highest BCUT2D eigenvalue weighted by Crippen LogP contribution is 2.25. The maximum atomic E-state index is 12.4. The smallest absolute Gasteiger partial charge is 0.277 e. The molecule has 4 aromatic heterocycles. The van der Waals surface area contributed by atoms with Crippen molar-refractivity contribution >= 4 is 39.1 Å². The van der Waals surface area contributed by atoms with Crippen LogP contribution in [0.25, 0.3) is 16.0 Å². The van der Waals surface area contributed by atoms with Crippen molar-refractivity contribution in [3.63, 3.8) is 0 Å². The van der Waals surface area contributed by atoms with Gasteiger partial charge in [-0.25, -0.2) is 0 Å². The van der Waals surface area contributed by atoms with Gasteiger partial charge >= 0.3 is 0 Å². The molecule has 4 heterocycles. The van der Waals surface area contributed by atoms with Crippen LogP contribution in [0.15, 0.2) is 50.1 Å². The summed E-state index contributed by atoms with van der Waals surface area (Å²) in [6.45, 7) is 0. The Morgan fingerprint density at radius 2 is 1.97 bits per heavy atom. The predicted molar refractivity (Wildman–Crippen MR) is 113 cm³/mol. The van der Waals surface area contributed by atoms with Crippen LogP contribution < -0.4 is 10.3 Å². The van der Waals surface area contributed by atoms with E-state index < -0.39 is 0 Å². The number of thioether (sulfide) groups is 1. The molecule has 0 aliphatic heterocycles. The Labute approximate surface area is 178 Å². The van der Waals surface area contributed by atoms with E-state index in [-0.39, 0.29) is 5.56 Å². The van der Waals surface area contributed by atoms with Gasteiger partial charge in [0.25, 0.3) is 10.8 Å².